The molecule has 5 nitrogen and oxygen atoms in total. The molecule has 0 atom stereocenters. The van der Waals surface area contributed by atoms with Crippen molar-refractivity contribution in [3.05, 3.63) is 22.2 Å². The summed E-state index contributed by atoms with van der Waals surface area (Å²) in [6.07, 6.45) is 2.49. The van der Waals surface area contributed by atoms with Gasteiger partial charge in [-0.1, -0.05) is 0 Å². The van der Waals surface area contributed by atoms with Gasteiger partial charge >= 0.3 is 0 Å². The van der Waals surface area contributed by atoms with Crippen LogP contribution in [0, 0.1) is 0 Å². The van der Waals surface area contributed by atoms with E-state index in [1.165, 1.54) is 19.3 Å². The number of halogens is 1. The van der Waals surface area contributed by atoms with Gasteiger partial charge in [-0.15, -0.1) is 0 Å². The number of isocyanates is 1. The molecule has 0 aromatic heterocycles. The van der Waals surface area contributed by atoms with E-state index >= 15 is 0 Å². The molecular weight excluding hydrogens is 310 g/mol. The lowest BCUT2D eigenvalue weighted by Gasteiger charge is -2.10. The molecule has 7 heteroatoms. The molecule has 0 bridgehead atoms. The molecule has 0 aliphatic rings. The van der Waals surface area contributed by atoms with Crippen molar-refractivity contribution in [2.45, 2.75) is 11.4 Å². The second-order valence-electron chi connectivity index (χ2n) is 3.29. The molecule has 0 saturated heterocycles. The van der Waals surface area contributed by atoms with Crippen LogP contribution in [0.5, 0.6) is 5.75 Å². The zero-order chi connectivity index (χ0) is 13.1. The van der Waals surface area contributed by atoms with Gasteiger partial charge in [0, 0.05) is 6.26 Å². The van der Waals surface area contributed by atoms with E-state index in [0.717, 1.165) is 6.26 Å². The van der Waals surface area contributed by atoms with Crippen molar-refractivity contribution in [2.24, 2.45) is 4.99 Å². The Bertz CT molecular complexity index is 576. The second kappa shape index (κ2) is 5.44. The Balaban J connectivity index is 3.44. The van der Waals surface area contributed by atoms with Gasteiger partial charge < -0.3 is 4.74 Å². The van der Waals surface area contributed by atoms with Crippen molar-refractivity contribution in [1.29, 1.82) is 0 Å². The zero-order valence-electron chi connectivity index (χ0n) is 9.23. The average molecular weight is 320 g/mol. The van der Waals surface area contributed by atoms with E-state index in [0.29, 0.717) is 10.0 Å². The van der Waals surface area contributed by atoms with E-state index in [1.807, 2.05) is 0 Å². The summed E-state index contributed by atoms with van der Waals surface area (Å²) in [6, 6.07) is 3.08. The van der Waals surface area contributed by atoms with E-state index in [9.17, 15) is 13.2 Å². The van der Waals surface area contributed by atoms with Gasteiger partial charge in [0.1, 0.15) is 4.90 Å². The molecule has 1 rings (SSSR count). The van der Waals surface area contributed by atoms with Crippen molar-refractivity contribution < 1.29 is 17.9 Å². The molecule has 92 valence electrons. The lowest BCUT2D eigenvalue weighted by molar-refractivity contribution is 0.400. The van der Waals surface area contributed by atoms with Crippen molar-refractivity contribution in [1.82, 2.24) is 0 Å². The van der Waals surface area contributed by atoms with Crippen molar-refractivity contribution in [3.63, 3.8) is 0 Å². The lowest BCUT2D eigenvalue weighted by atomic mass is 10.2. The standard InChI is InChI=1S/C10H10BrNO4S/c1-16-10-8(11)3-7(5-12-6-13)4-9(10)17(2,14)15/h3-4H,5H2,1-2H3. The number of benzene rings is 1. The Hall–Kier alpha value is -1.17. The minimum absolute atomic E-state index is 0.0606. The third-order valence-electron chi connectivity index (χ3n) is 2.00. The molecule has 0 saturated carbocycles. The molecule has 17 heavy (non-hydrogen) atoms. The minimum atomic E-state index is -3.41. The van der Waals surface area contributed by atoms with Crippen molar-refractivity contribution in [2.75, 3.05) is 13.4 Å². The number of rotatable bonds is 4. The third-order valence-corrected chi connectivity index (χ3v) is 3.69. The van der Waals surface area contributed by atoms with Crippen molar-refractivity contribution >= 4 is 31.8 Å². The van der Waals surface area contributed by atoms with Gasteiger partial charge in [-0.25, -0.2) is 18.2 Å². The predicted octanol–water partition coefficient (Wildman–Crippen LogP) is 1.70. The largest absolute Gasteiger partial charge is 0.494 e. The first-order valence-electron chi connectivity index (χ1n) is 4.50. The van der Waals surface area contributed by atoms with Gasteiger partial charge in [-0.2, -0.15) is 0 Å². The second-order valence-corrected chi connectivity index (χ2v) is 6.13. The first-order valence-corrected chi connectivity index (χ1v) is 7.18. The van der Waals surface area contributed by atoms with Crippen LogP contribution < -0.4 is 4.74 Å². The molecule has 0 aliphatic heterocycles. The van der Waals surface area contributed by atoms with Gasteiger partial charge in [0.25, 0.3) is 0 Å². The van der Waals surface area contributed by atoms with E-state index in [-0.39, 0.29) is 17.2 Å². The molecule has 0 unspecified atom stereocenters. The molecule has 0 amide bonds. The summed E-state index contributed by atoms with van der Waals surface area (Å²) < 4.78 is 28.7. The number of sulfone groups is 1. The van der Waals surface area contributed by atoms with Crippen LogP contribution in [0.15, 0.2) is 26.5 Å². The fraction of sp³-hybridized carbons (Fsp3) is 0.300. The van der Waals surface area contributed by atoms with Gasteiger partial charge in [0.15, 0.2) is 15.6 Å². The number of aliphatic imine (C=N–C) groups is 1. The summed E-state index contributed by atoms with van der Waals surface area (Å²) in [4.78, 5) is 13.5. The quantitative estimate of drug-likeness (QED) is 0.625. The highest BCUT2D eigenvalue weighted by Gasteiger charge is 2.18. The Morgan fingerprint density at radius 1 is 1.47 bits per heavy atom. The van der Waals surface area contributed by atoms with Crippen LogP contribution in [0.1, 0.15) is 5.56 Å². The Labute approximate surface area is 108 Å². The Morgan fingerprint density at radius 3 is 2.59 bits per heavy atom. The van der Waals surface area contributed by atoms with Gasteiger partial charge in [0.05, 0.1) is 18.1 Å². The first kappa shape index (κ1) is 13.9. The van der Waals surface area contributed by atoms with Gasteiger partial charge in [0.2, 0.25) is 6.08 Å². The van der Waals surface area contributed by atoms with E-state index in [4.69, 9.17) is 4.74 Å². The predicted molar refractivity (Wildman–Crippen MR) is 65.6 cm³/mol. The van der Waals surface area contributed by atoms with Crippen LogP contribution in [-0.4, -0.2) is 27.9 Å². The van der Waals surface area contributed by atoms with E-state index in [1.54, 1.807) is 6.07 Å². The maximum absolute atomic E-state index is 11.6. The summed E-state index contributed by atoms with van der Waals surface area (Å²) in [5, 5.41) is 0. The highest BCUT2D eigenvalue weighted by molar-refractivity contribution is 9.10. The SMILES string of the molecule is COc1c(Br)cc(CN=C=O)cc1S(C)(=O)=O. The summed E-state index contributed by atoms with van der Waals surface area (Å²) >= 11 is 3.21. The Morgan fingerprint density at radius 2 is 2.12 bits per heavy atom. The van der Waals surface area contributed by atoms with Crippen LogP contribution >= 0.6 is 15.9 Å². The highest BCUT2D eigenvalue weighted by Crippen LogP contribution is 2.33. The van der Waals surface area contributed by atoms with E-state index in [2.05, 4.69) is 20.9 Å². The summed E-state index contributed by atoms with van der Waals surface area (Å²) in [6.45, 7) is 0.0780. The number of methoxy groups -OCH3 is 1. The molecule has 0 N–H and O–H groups in total. The third kappa shape index (κ3) is 3.39. The average Bonchev–Trinajstić information content (AvgIpc) is 2.24. The van der Waals surface area contributed by atoms with E-state index < -0.39 is 9.84 Å². The fourth-order valence-corrected chi connectivity index (χ4v) is 3.01. The number of ether oxygens (including phenoxy) is 1. The number of nitrogens with zero attached hydrogens (tertiary/aromatic N) is 1. The molecule has 0 radical (unpaired) electrons. The molecule has 0 fully saturated rings. The highest BCUT2D eigenvalue weighted by atomic mass is 79.9. The zero-order valence-corrected chi connectivity index (χ0v) is 11.6. The molecule has 0 aliphatic carbocycles. The van der Waals surface area contributed by atoms with Gasteiger partial charge in [-0.3, -0.25) is 0 Å². The van der Waals surface area contributed by atoms with Crippen LogP contribution in [0.3, 0.4) is 0 Å². The number of hydrogen-bond donors (Lipinski definition) is 0. The maximum atomic E-state index is 11.6. The Kier molecular flexibility index (Phi) is 4.45. The first-order chi connectivity index (χ1) is 7.90. The summed E-state index contributed by atoms with van der Waals surface area (Å²) in [5.41, 5.74) is 0.585. The fourth-order valence-electron chi connectivity index (χ4n) is 1.31. The van der Waals surface area contributed by atoms with Crippen LogP contribution in [0.25, 0.3) is 0 Å². The normalized spacial score (nSPS) is 10.8. The molecule has 0 heterocycles. The summed E-state index contributed by atoms with van der Waals surface area (Å²) in [7, 11) is -2.02. The van der Waals surface area contributed by atoms with Crippen LogP contribution in [0.2, 0.25) is 0 Å². The molecule has 1 aromatic carbocycles. The topological polar surface area (TPSA) is 72.8 Å². The van der Waals surface area contributed by atoms with Crippen LogP contribution in [0.4, 0.5) is 0 Å². The van der Waals surface area contributed by atoms with Gasteiger partial charge in [-0.05, 0) is 33.6 Å². The number of carbonyl (C=O) groups excluding carboxylic acids is 1. The van der Waals surface area contributed by atoms with Crippen LogP contribution in [-0.2, 0) is 21.2 Å². The maximum Gasteiger partial charge on any atom is 0.235 e. The monoisotopic (exact) mass is 319 g/mol. The van der Waals surface area contributed by atoms with Crippen molar-refractivity contribution in [3.8, 4) is 5.75 Å². The number of hydrogen-bond acceptors (Lipinski definition) is 5. The lowest BCUT2D eigenvalue weighted by Crippen LogP contribution is -2.02. The minimum Gasteiger partial charge on any atom is -0.494 e. The summed E-state index contributed by atoms with van der Waals surface area (Å²) in [5.74, 6) is 0.242. The molecule has 1 aromatic rings. The molecular formula is C10H10BrNO4S. The molecule has 0 spiro atoms. The smallest absolute Gasteiger partial charge is 0.235 e.